The summed E-state index contributed by atoms with van der Waals surface area (Å²) in [7, 11) is 3.50. The molecule has 0 aliphatic rings. The van der Waals surface area contributed by atoms with Crippen molar-refractivity contribution in [2.24, 2.45) is 7.05 Å². The average Bonchev–Trinajstić information content (AvgIpc) is 3.52. The Morgan fingerprint density at radius 3 is 2.23 bits per heavy atom. The second-order valence-electron chi connectivity index (χ2n) is 7.88. The Hall–Kier alpha value is -4.96. The number of nitriles is 1. The summed E-state index contributed by atoms with van der Waals surface area (Å²) < 4.78 is 8.95. The maximum Gasteiger partial charge on any atom is 0.174 e. The van der Waals surface area contributed by atoms with Gasteiger partial charge in [-0.3, -0.25) is 0 Å². The summed E-state index contributed by atoms with van der Waals surface area (Å²) >= 11 is 0. The molecule has 0 unspecified atom stereocenters. The van der Waals surface area contributed by atoms with Crippen molar-refractivity contribution < 1.29 is 4.74 Å². The van der Waals surface area contributed by atoms with Crippen LogP contribution in [0, 0.1) is 11.3 Å². The van der Waals surface area contributed by atoms with Gasteiger partial charge in [0.15, 0.2) is 11.6 Å². The average molecular weight is 459 g/mol. The van der Waals surface area contributed by atoms with Crippen LogP contribution in [0.3, 0.4) is 0 Å². The number of para-hydroxylation sites is 1. The van der Waals surface area contributed by atoms with Crippen molar-refractivity contribution in [3.8, 4) is 40.2 Å². The summed E-state index contributed by atoms with van der Waals surface area (Å²) in [5.41, 5.74) is 4.69. The predicted octanol–water partition coefficient (Wildman–Crippen LogP) is 5.41. The summed E-state index contributed by atoms with van der Waals surface area (Å²) in [6.07, 6.45) is 3.73. The molecule has 0 spiro atoms. The smallest absolute Gasteiger partial charge is 0.174 e. The van der Waals surface area contributed by atoms with Gasteiger partial charge in [0.2, 0.25) is 0 Å². The molecule has 2 aromatic heterocycles. The minimum atomic E-state index is 0.393. The highest BCUT2D eigenvalue weighted by molar-refractivity contribution is 5.90. The van der Waals surface area contributed by atoms with E-state index in [2.05, 4.69) is 16.3 Å². The van der Waals surface area contributed by atoms with E-state index in [-0.39, 0.29) is 0 Å². The summed E-state index contributed by atoms with van der Waals surface area (Å²) in [5.74, 6) is 1.94. The van der Waals surface area contributed by atoms with Gasteiger partial charge in [0.05, 0.1) is 24.1 Å². The first-order chi connectivity index (χ1) is 17.2. The summed E-state index contributed by atoms with van der Waals surface area (Å²) in [6.45, 7) is 0. The van der Waals surface area contributed by atoms with Crippen LogP contribution < -0.4 is 4.74 Å². The molecule has 7 nitrogen and oxygen atoms in total. The lowest BCUT2D eigenvalue weighted by Gasteiger charge is -2.04. The lowest BCUT2D eigenvalue weighted by Crippen LogP contribution is -1.98. The molecule has 170 valence electrons. The van der Waals surface area contributed by atoms with Gasteiger partial charge in [-0.05, 0) is 42.5 Å². The van der Waals surface area contributed by atoms with Crippen LogP contribution in [0.5, 0.6) is 5.75 Å². The van der Waals surface area contributed by atoms with Crippen LogP contribution >= 0.6 is 0 Å². The van der Waals surface area contributed by atoms with E-state index in [1.54, 1.807) is 7.11 Å². The molecule has 0 bridgehead atoms. The molecule has 0 saturated carbocycles. The Kier molecular flexibility index (Phi) is 5.93. The summed E-state index contributed by atoms with van der Waals surface area (Å²) in [6, 6.07) is 29.6. The molecule has 0 aliphatic heterocycles. The van der Waals surface area contributed by atoms with Crippen LogP contribution in [-0.4, -0.2) is 31.7 Å². The molecule has 0 N–H and O–H groups in total. The SMILES string of the molecule is COc1ccc(-c2nn(-c3ccccc3)cc2/C=C(\C#N)c2nnc(-c3ccccc3)n2C)cc1. The largest absolute Gasteiger partial charge is 0.497 e. The third kappa shape index (κ3) is 4.33. The predicted molar refractivity (Wildman–Crippen MR) is 135 cm³/mol. The van der Waals surface area contributed by atoms with E-state index in [0.717, 1.165) is 33.8 Å². The van der Waals surface area contributed by atoms with Crippen LogP contribution in [0.25, 0.3) is 40.0 Å². The molecule has 0 aliphatic carbocycles. The van der Waals surface area contributed by atoms with Gasteiger partial charge in [-0.25, -0.2) is 4.68 Å². The number of hydrogen-bond acceptors (Lipinski definition) is 5. The van der Waals surface area contributed by atoms with Gasteiger partial charge < -0.3 is 9.30 Å². The van der Waals surface area contributed by atoms with E-state index < -0.39 is 0 Å². The van der Waals surface area contributed by atoms with Crippen LogP contribution in [0.2, 0.25) is 0 Å². The minimum absolute atomic E-state index is 0.393. The number of methoxy groups -OCH3 is 1. The van der Waals surface area contributed by atoms with Crippen LogP contribution in [0.4, 0.5) is 0 Å². The zero-order valence-electron chi connectivity index (χ0n) is 19.3. The first kappa shape index (κ1) is 21.9. The molecule has 3 aromatic carbocycles. The topological polar surface area (TPSA) is 81.6 Å². The first-order valence-corrected chi connectivity index (χ1v) is 11.0. The molecule has 0 amide bonds. The zero-order valence-corrected chi connectivity index (χ0v) is 19.3. The van der Waals surface area contributed by atoms with Gasteiger partial charge >= 0.3 is 0 Å². The van der Waals surface area contributed by atoms with Crippen molar-refractivity contribution in [1.82, 2.24) is 24.5 Å². The number of nitrogens with zero attached hydrogens (tertiary/aromatic N) is 6. The summed E-state index contributed by atoms with van der Waals surface area (Å²) in [4.78, 5) is 0. The van der Waals surface area contributed by atoms with E-state index in [9.17, 15) is 5.26 Å². The standard InChI is InChI=1S/C28H22N6O/c1-33-27(21-9-5-3-6-10-21)30-31-28(33)22(18-29)17-23-19-34(24-11-7-4-8-12-24)32-26(23)20-13-15-25(35-2)16-14-20/h3-17,19H,1-2H3/b22-17+. The zero-order chi connectivity index (χ0) is 24.2. The van der Waals surface area contributed by atoms with Crippen molar-refractivity contribution in [1.29, 1.82) is 5.26 Å². The second kappa shape index (κ2) is 9.49. The highest BCUT2D eigenvalue weighted by atomic mass is 16.5. The molecule has 0 fully saturated rings. The highest BCUT2D eigenvalue weighted by Gasteiger charge is 2.17. The van der Waals surface area contributed by atoms with E-state index in [1.165, 1.54) is 0 Å². The van der Waals surface area contributed by atoms with Gasteiger partial charge in [-0.1, -0.05) is 48.5 Å². The Labute approximate surface area is 203 Å². The molecular weight excluding hydrogens is 436 g/mol. The molecule has 5 aromatic rings. The fourth-order valence-electron chi connectivity index (χ4n) is 3.88. The molecule has 0 saturated heterocycles. The normalized spacial score (nSPS) is 11.3. The van der Waals surface area contributed by atoms with Crippen molar-refractivity contribution in [2.75, 3.05) is 7.11 Å². The van der Waals surface area contributed by atoms with Crippen LogP contribution in [0.1, 0.15) is 11.4 Å². The Balaban J connectivity index is 1.62. The molecular formula is C28H22N6O. The maximum absolute atomic E-state index is 10.1. The fourth-order valence-corrected chi connectivity index (χ4v) is 3.88. The second-order valence-corrected chi connectivity index (χ2v) is 7.88. The number of ether oxygens (including phenoxy) is 1. The lowest BCUT2D eigenvalue weighted by atomic mass is 10.1. The highest BCUT2D eigenvalue weighted by Crippen LogP contribution is 2.29. The summed E-state index contributed by atoms with van der Waals surface area (Å²) in [5, 5.41) is 23.6. The van der Waals surface area contributed by atoms with Crippen molar-refractivity contribution in [3.05, 3.63) is 103 Å². The number of hydrogen-bond donors (Lipinski definition) is 0. The minimum Gasteiger partial charge on any atom is -0.497 e. The van der Waals surface area contributed by atoms with Crippen molar-refractivity contribution in [2.45, 2.75) is 0 Å². The van der Waals surface area contributed by atoms with Crippen molar-refractivity contribution in [3.63, 3.8) is 0 Å². The molecule has 0 radical (unpaired) electrons. The third-order valence-electron chi connectivity index (χ3n) is 5.69. The van der Waals surface area contributed by atoms with Crippen molar-refractivity contribution >= 4 is 11.6 Å². The number of aromatic nitrogens is 5. The number of allylic oxidation sites excluding steroid dienone is 1. The first-order valence-electron chi connectivity index (χ1n) is 11.0. The molecule has 0 atom stereocenters. The molecule has 2 heterocycles. The number of benzene rings is 3. The Morgan fingerprint density at radius 2 is 1.57 bits per heavy atom. The van der Waals surface area contributed by atoms with Gasteiger partial charge in [0, 0.05) is 29.9 Å². The Morgan fingerprint density at radius 1 is 0.886 bits per heavy atom. The van der Waals surface area contributed by atoms with Gasteiger partial charge in [-0.15, -0.1) is 10.2 Å². The van der Waals surface area contributed by atoms with Gasteiger partial charge in [0.1, 0.15) is 11.8 Å². The third-order valence-corrected chi connectivity index (χ3v) is 5.69. The quantitative estimate of drug-likeness (QED) is 0.318. The lowest BCUT2D eigenvalue weighted by molar-refractivity contribution is 0.415. The van der Waals surface area contributed by atoms with E-state index in [1.807, 2.05) is 113 Å². The Bertz CT molecular complexity index is 1520. The van der Waals surface area contributed by atoms with Crippen LogP contribution in [-0.2, 0) is 7.05 Å². The maximum atomic E-state index is 10.1. The number of rotatable bonds is 6. The van der Waals surface area contributed by atoms with E-state index >= 15 is 0 Å². The molecule has 7 heteroatoms. The van der Waals surface area contributed by atoms with Gasteiger partial charge in [-0.2, -0.15) is 10.4 Å². The molecule has 5 rings (SSSR count). The molecule has 35 heavy (non-hydrogen) atoms. The fraction of sp³-hybridized carbons (Fsp3) is 0.0714. The monoisotopic (exact) mass is 458 g/mol. The van der Waals surface area contributed by atoms with Crippen LogP contribution in [0.15, 0.2) is 91.1 Å². The van der Waals surface area contributed by atoms with E-state index in [0.29, 0.717) is 17.2 Å². The van der Waals surface area contributed by atoms with Gasteiger partial charge in [0.25, 0.3) is 0 Å². The van der Waals surface area contributed by atoms with E-state index in [4.69, 9.17) is 9.84 Å².